The summed E-state index contributed by atoms with van der Waals surface area (Å²) in [6, 6.07) is 6.88. The highest BCUT2D eigenvalue weighted by atomic mass is 35.5. The van der Waals surface area contributed by atoms with Gasteiger partial charge in [-0.3, -0.25) is 9.59 Å². The van der Waals surface area contributed by atoms with E-state index in [1.807, 2.05) is 4.90 Å². The smallest absolute Gasteiger partial charge is 0.408 e. The lowest BCUT2D eigenvalue weighted by atomic mass is 9.96. The first kappa shape index (κ1) is 22.0. The number of alkyl carbamates (subject to hydrolysis) is 1. The molecule has 1 fully saturated rings. The molecular weight excluding hydrogens is 382 g/mol. The fourth-order valence-electron chi connectivity index (χ4n) is 2.90. The molecular formula is C20H28ClN3O4. The molecule has 0 bridgehead atoms. The number of benzene rings is 1. The van der Waals surface area contributed by atoms with Gasteiger partial charge in [-0.25, -0.2) is 4.79 Å². The van der Waals surface area contributed by atoms with E-state index in [1.165, 1.54) is 0 Å². The predicted octanol–water partition coefficient (Wildman–Crippen LogP) is 2.83. The summed E-state index contributed by atoms with van der Waals surface area (Å²) in [5.74, 6) is 0.0472. The van der Waals surface area contributed by atoms with Crippen LogP contribution < -0.4 is 10.6 Å². The second kappa shape index (κ2) is 9.78. The van der Waals surface area contributed by atoms with Gasteiger partial charge < -0.3 is 20.3 Å². The number of hydrogen-bond donors (Lipinski definition) is 2. The molecule has 2 N–H and O–H groups in total. The maximum atomic E-state index is 12.5. The maximum absolute atomic E-state index is 12.5. The second-order valence-electron chi connectivity index (χ2n) is 7.90. The lowest BCUT2D eigenvalue weighted by Crippen LogP contribution is -2.44. The quantitative estimate of drug-likeness (QED) is 0.782. The zero-order valence-corrected chi connectivity index (χ0v) is 17.3. The monoisotopic (exact) mass is 409 g/mol. The number of ether oxygens (including phenoxy) is 1. The van der Waals surface area contributed by atoms with Crippen molar-refractivity contribution in [1.82, 2.24) is 15.5 Å². The fraction of sp³-hybridized carbons (Fsp3) is 0.550. The highest BCUT2D eigenvalue weighted by Crippen LogP contribution is 2.19. The molecule has 0 aromatic heterocycles. The minimum Gasteiger partial charge on any atom is -0.444 e. The molecule has 0 unspecified atom stereocenters. The SMILES string of the molecule is CC(C)(C)OC(=O)NCC(=O)NCC1CCN(C(=O)c2ccc(Cl)cc2)CC1. The molecule has 0 aliphatic carbocycles. The van der Waals surface area contributed by atoms with Gasteiger partial charge in [0.1, 0.15) is 5.60 Å². The average Bonchev–Trinajstić information content (AvgIpc) is 2.64. The number of nitrogens with zero attached hydrogens (tertiary/aromatic N) is 1. The van der Waals surface area contributed by atoms with Crippen molar-refractivity contribution in [1.29, 1.82) is 0 Å². The number of hydrogen-bond acceptors (Lipinski definition) is 4. The summed E-state index contributed by atoms with van der Waals surface area (Å²) in [6.07, 6.45) is 1.02. The van der Waals surface area contributed by atoms with Crippen LogP contribution in [-0.4, -0.2) is 54.6 Å². The summed E-state index contributed by atoms with van der Waals surface area (Å²) in [5, 5.41) is 5.86. The van der Waals surface area contributed by atoms with Crippen molar-refractivity contribution >= 4 is 29.5 Å². The van der Waals surface area contributed by atoms with Crippen molar-refractivity contribution in [3.05, 3.63) is 34.9 Å². The molecule has 1 aliphatic heterocycles. The Morgan fingerprint density at radius 2 is 1.71 bits per heavy atom. The third-order valence-corrected chi connectivity index (χ3v) is 4.62. The van der Waals surface area contributed by atoms with Gasteiger partial charge in [0.15, 0.2) is 0 Å². The summed E-state index contributed by atoms with van der Waals surface area (Å²) in [4.78, 5) is 37.7. The molecule has 1 saturated heterocycles. The van der Waals surface area contributed by atoms with Gasteiger partial charge in [0.25, 0.3) is 5.91 Å². The average molecular weight is 410 g/mol. The van der Waals surface area contributed by atoms with Crippen LogP contribution in [0.1, 0.15) is 44.0 Å². The molecule has 28 heavy (non-hydrogen) atoms. The first-order valence-corrected chi connectivity index (χ1v) is 9.80. The van der Waals surface area contributed by atoms with Crippen molar-refractivity contribution in [2.24, 2.45) is 5.92 Å². The van der Waals surface area contributed by atoms with Crippen LogP contribution in [0.5, 0.6) is 0 Å². The number of carbonyl (C=O) groups excluding carboxylic acids is 3. The number of halogens is 1. The van der Waals surface area contributed by atoms with Gasteiger partial charge >= 0.3 is 6.09 Å². The van der Waals surface area contributed by atoms with Gasteiger partial charge in [-0.2, -0.15) is 0 Å². The topological polar surface area (TPSA) is 87.7 Å². The van der Waals surface area contributed by atoms with Crippen LogP contribution in [0.15, 0.2) is 24.3 Å². The summed E-state index contributed by atoms with van der Waals surface area (Å²) < 4.78 is 5.08. The first-order chi connectivity index (χ1) is 13.1. The number of amides is 3. The Balaban J connectivity index is 1.67. The maximum Gasteiger partial charge on any atom is 0.408 e. The van der Waals surface area contributed by atoms with E-state index in [0.29, 0.717) is 36.1 Å². The molecule has 2 rings (SSSR count). The molecule has 1 aromatic carbocycles. The number of carbonyl (C=O) groups is 3. The van der Waals surface area contributed by atoms with Crippen molar-refractivity contribution in [3.8, 4) is 0 Å². The van der Waals surface area contributed by atoms with Gasteiger partial charge in [-0.15, -0.1) is 0 Å². The van der Waals surface area contributed by atoms with Crippen LogP contribution in [0.2, 0.25) is 5.02 Å². The summed E-state index contributed by atoms with van der Waals surface area (Å²) in [6.45, 7) is 6.99. The highest BCUT2D eigenvalue weighted by Gasteiger charge is 2.24. The van der Waals surface area contributed by atoms with Crippen molar-refractivity contribution in [2.45, 2.75) is 39.2 Å². The minimum absolute atomic E-state index is 0.000660. The molecule has 8 heteroatoms. The molecule has 1 heterocycles. The summed E-state index contributed by atoms with van der Waals surface area (Å²) in [5.41, 5.74) is 0.0298. The van der Waals surface area contributed by atoms with Crippen LogP contribution in [0, 0.1) is 5.92 Å². The third kappa shape index (κ3) is 7.38. The van der Waals surface area contributed by atoms with Crippen LogP contribution in [0.4, 0.5) is 4.79 Å². The Kier molecular flexibility index (Phi) is 7.69. The molecule has 0 saturated carbocycles. The van der Waals surface area contributed by atoms with E-state index in [1.54, 1.807) is 45.0 Å². The molecule has 1 aromatic rings. The van der Waals surface area contributed by atoms with Gasteiger partial charge in [-0.05, 0) is 63.8 Å². The number of piperidine rings is 1. The van der Waals surface area contributed by atoms with Crippen LogP contribution in [-0.2, 0) is 9.53 Å². The predicted molar refractivity (Wildman–Crippen MR) is 107 cm³/mol. The standard InChI is InChI=1S/C20H28ClN3O4/c1-20(2,3)28-19(27)23-13-17(25)22-12-14-8-10-24(11-9-14)18(26)15-4-6-16(21)7-5-15/h4-7,14H,8-13H2,1-3H3,(H,22,25)(H,23,27). The third-order valence-electron chi connectivity index (χ3n) is 4.37. The molecule has 154 valence electrons. The van der Waals surface area contributed by atoms with Gasteiger partial charge in [0.05, 0.1) is 6.54 Å². The lowest BCUT2D eigenvalue weighted by Gasteiger charge is -2.32. The molecule has 3 amide bonds. The van der Waals surface area contributed by atoms with Crippen molar-refractivity contribution in [2.75, 3.05) is 26.2 Å². The van der Waals surface area contributed by atoms with Gasteiger partial charge in [-0.1, -0.05) is 11.6 Å². The Morgan fingerprint density at radius 3 is 2.29 bits per heavy atom. The fourth-order valence-corrected chi connectivity index (χ4v) is 3.03. The molecule has 1 aliphatic rings. The van der Waals surface area contributed by atoms with Gasteiger partial charge in [0, 0.05) is 30.2 Å². The van der Waals surface area contributed by atoms with E-state index in [9.17, 15) is 14.4 Å². The molecule has 7 nitrogen and oxygen atoms in total. The molecule has 0 spiro atoms. The van der Waals surface area contributed by atoms with Gasteiger partial charge in [0.2, 0.25) is 5.91 Å². The Morgan fingerprint density at radius 1 is 1.11 bits per heavy atom. The number of likely N-dealkylation sites (tertiary alicyclic amines) is 1. The summed E-state index contributed by atoms with van der Waals surface area (Å²) >= 11 is 5.86. The van der Waals surface area contributed by atoms with E-state index >= 15 is 0 Å². The van der Waals surface area contributed by atoms with Crippen LogP contribution in [0.25, 0.3) is 0 Å². The van der Waals surface area contributed by atoms with Crippen molar-refractivity contribution < 1.29 is 19.1 Å². The zero-order valence-electron chi connectivity index (χ0n) is 16.6. The Bertz CT molecular complexity index is 692. The van der Waals surface area contributed by atoms with E-state index in [0.717, 1.165) is 12.8 Å². The van der Waals surface area contributed by atoms with Crippen molar-refractivity contribution in [3.63, 3.8) is 0 Å². The lowest BCUT2D eigenvalue weighted by molar-refractivity contribution is -0.120. The minimum atomic E-state index is -0.614. The van der Waals surface area contributed by atoms with E-state index in [-0.39, 0.29) is 18.4 Å². The van der Waals surface area contributed by atoms with Crippen LogP contribution >= 0.6 is 11.6 Å². The van der Waals surface area contributed by atoms with Crippen LogP contribution in [0.3, 0.4) is 0 Å². The number of nitrogens with one attached hydrogen (secondary N) is 2. The Hall–Kier alpha value is -2.28. The summed E-state index contributed by atoms with van der Waals surface area (Å²) in [7, 11) is 0. The first-order valence-electron chi connectivity index (χ1n) is 9.42. The molecule has 0 radical (unpaired) electrons. The normalized spacial score (nSPS) is 15.1. The van der Waals surface area contributed by atoms with E-state index in [2.05, 4.69) is 10.6 Å². The largest absolute Gasteiger partial charge is 0.444 e. The van der Waals surface area contributed by atoms with E-state index < -0.39 is 11.7 Å². The highest BCUT2D eigenvalue weighted by molar-refractivity contribution is 6.30. The Labute approximate surface area is 170 Å². The second-order valence-corrected chi connectivity index (χ2v) is 8.34. The number of rotatable bonds is 5. The molecule has 0 atom stereocenters. The van der Waals surface area contributed by atoms with E-state index in [4.69, 9.17) is 16.3 Å². The zero-order chi connectivity index (χ0) is 20.7.